The van der Waals surface area contributed by atoms with E-state index < -0.39 is 11.3 Å². The van der Waals surface area contributed by atoms with Crippen LogP contribution in [0.1, 0.15) is 38.5 Å². The molecule has 16 heavy (non-hydrogen) atoms. The first-order valence-corrected chi connectivity index (χ1v) is 8.96. The summed E-state index contributed by atoms with van der Waals surface area (Å²) >= 11 is 4.68. The van der Waals surface area contributed by atoms with E-state index >= 15 is 0 Å². The normalized spacial score (nSPS) is 13.2. The Bertz CT molecular complexity index is 172. The lowest BCUT2D eigenvalue weighted by Gasteiger charge is -2.23. The number of alkyl halides is 2. The first-order valence-electron chi connectivity index (χ1n) is 5.68. The van der Waals surface area contributed by atoms with Gasteiger partial charge in [-0.3, -0.25) is 4.21 Å². The quantitative estimate of drug-likeness (QED) is 0.315. The SMILES string of the molecule is O=S([O-])N(CCCCCBr)CCCCCBr. The number of hydrogen-bond acceptors (Lipinski definition) is 2. The molecule has 0 aromatic rings. The zero-order valence-corrected chi connectivity index (χ0v) is 13.5. The Morgan fingerprint density at radius 1 is 0.875 bits per heavy atom. The second kappa shape index (κ2) is 12.5. The van der Waals surface area contributed by atoms with Gasteiger partial charge in [-0.15, -0.1) is 0 Å². The lowest BCUT2D eigenvalue weighted by Crippen LogP contribution is -2.28. The average molecular weight is 378 g/mol. The molecule has 0 aliphatic rings. The van der Waals surface area contributed by atoms with Crippen LogP contribution < -0.4 is 0 Å². The topological polar surface area (TPSA) is 43.4 Å². The molecule has 0 rings (SSSR count). The molecule has 0 radical (unpaired) electrons. The minimum Gasteiger partial charge on any atom is -0.760 e. The van der Waals surface area contributed by atoms with Gasteiger partial charge in [0.1, 0.15) is 0 Å². The monoisotopic (exact) mass is 376 g/mol. The molecule has 0 spiro atoms. The van der Waals surface area contributed by atoms with E-state index in [4.69, 9.17) is 0 Å². The van der Waals surface area contributed by atoms with Gasteiger partial charge in [-0.2, -0.15) is 0 Å². The van der Waals surface area contributed by atoms with Gasteiger partial charge >= 0.3 is 0 Å². The van der Waals surface area contributed by atoms with Crippen molar-refractivity contribution >= 4 is 43.1 Å². The third kappa shape index (κ3) is 10.2. The molecule has 0 amide bonds. The van der Waals surface area contributed by atoms with Crippen molar-refractivity contribution in [1.82, 2.24) is 4.31 Å². The molecule has 0 N–H and O–H groups in total. The second-order valence-electron chi connectivity index (χ2n) is 3.65. The van der Waals surface area contributed by atoms with Crippen LogP contribution in [-0.4, -0.2) is 36.8 Å². The molecule has 0 aliphatic carbocycles. The molecule has 0 bridgehead atoms. The summed E-state index contributed by atoms with van der Waals surface area (Å²) in [7, 11) is 0. The lowest BCUT2D eigenvalue weighted by atomic mass is 10.2. The first kappa shape index (κ1) is 17.0. The molecule has 1 atom stereocenters. The van der Waals surface area contributed by atoms with E-state index in [0.717, 1.165) is 49.2 Å². The van der Waals surface area contributed by atoms with E-state index in [1.807, 2.05) is 0 Å². The van der Waals surface area contributed by atoms with Gasteiger partial charge in [0.05, 0.1) is 0 Å². The van der Waals surface area contributed by atoms with Crippen molar-refractivity contribution < 1.29 is 8.76 Å². The van der Waals surface area contributed by atoms with Crippen LogP contribution in [0.5, 0.6) is 0 Å². The molecule has 98 valence electrons. The average Bonchev–Trinajstić information content (AvgIpc) is 2.26. The molecule has 1 unspecified atom stereocenters. The predicted molar refractivity (Wildman–Crippen MR) is 75.8 cm³/mol. The van der Waals surface area contributed by atoms with Gasteiger partial charge in [0, 0.05) is 35.0 Å². The Balaban J connectivity index is 3.59. The number of nitrogens with zero attached hydrogens (tertiary/aromatic N) is 1. The van der Waals surface area contributed by atoms with Crippen molar-refractivity contribution in [3.8, 4) is 0 Å². The summed E-state index contributed by atoms with van der Waals surface area (Å²) < 4.78 is 23.4. The highest BCUT2D eigenvalue weighted by molar-refractivity contribution is 9.09. The Labute approximate surface area is 118 Å². The molecule has 0 aromatic heterocycles. The summed E-state index contributed by atoms with van der Waals surface area (Å²) in [5.41, 5.74) is 0. The summed E-state index contributed by atoms with van der Waals surface area (Å²) in [4.78, 5) is 0. The fourth-order valence-electron chi connectivity index (χ4n) is 1.38. The van der Waals surface area contributed by atoms with Gasteiger partial charge in [-0.05, 0) is 25.7 Å². The lowest BCUT2D eigenvalue weighted by molar-refractivity contribution is 0.370. The van der Waals surface area contributed by atoms with E-state index in [1.54, 1.807) is 4.31 Å². The fourth-order valence-corrected chi connectivity index (χ4v) is 2.73. The van der Waals surface area contributed by atoms with Crippen LogP contribution in [0.4, 0.5) is 0 Å². The maximum Gasteiger partial charge on any atom is 0.0209 e. The van der Waals surface area contributed by atoms with Crippen molar-refractivity contribution in [2.24, 2.45) is 0 Å². The Kier molecular flexibility index (Phi) is 13.3. The molecule has 0 aliphatic heterocycles. The summed E-state index contributed by atoms with van der Waals surface area (Å²) in [6.45, 7) is 1.33. The standard InChI is InChI=1S/C10H21Br2NO2S/c11-7-3-1-5-9-13(16(14)15)10-6-2-4-8-12/h1-10H2,(H,14,15)/p-1. The molecule has 0 heterocycles. The highest BCUT2D eigenvalue weighted by Gasteiger charge is 2.04. The Hall–Kier alpha value is 1.03. The molecule has 0 saturated carbocycles. The molecule has 6 heteroatoms. The van der Waals surface area contributed by atoms with Crippen LogP contribution in [0.15, 0.2) is 0 Å². The maximum atomic E-state index is 10.9. The molecular formula is C10H20Br2NO2S-. The Morgan fingerprint density at radius 2 is 1.31 bits per heavy atom. The third-order valence-corrected chi connectivity index (χ3v) is 4.20. The van der Waals surface area contributed by atoms with Crippen LogP contribution in [0, 0.1) is 0 Å². The minimum atomic E-state index is -2.05. The first-order chi connectivity index (χ1) is 7.72. The van der Waals surface area contributed by atoms with E-state index in [2.05, 4.69) is 31.9 Å². The maximum absolute atomic E-state index is 10.9. The Morgan fingerprint density at radius 3 is 1.62 bits per heavy atom. The van der Waals surface area contributed by atoms with Gasteiger partial charge in [0.25, 0.3) is 0 Å². The van der Waals surface area contributed by atoms with Crippen molar-refractivity contribution in [3.05, 3.63) is 0 Å². The van der Waals surface area contributed by atoms with Gasteiger partial charge in [-0.1, -0.05) is 44.7 Å². The molecule has 0 saturated heterocycles. The number of halogens is 2. The highest BCUT2D eigenvalue weighted by Crippen LogP contribution is 2.06. The van der Waals surface area contributed by atoms with Crippen molar-refractivity contribution in [2.45, 2.75) is 38.5 Å². The second-order valence-corrected chi connectivity index (χ2v) is 6.18. The molecular weight excluding hydrogens is 358 g/mol. The van der Waals surface area contributed by atoms with Crippen LogP contribution in [-0.2, 0) is 11.3 Å². The number of hydrogen-bond donors (Lipinski definition) is 0. The van der Waals surface area contributed by atoms with Crippen LogP contribution >= 0.6 is 31.9 Å². The largest absolute Gasteiger partial charge is 0.760 e. The van der Waals surface area contributed by atoms with Crippen LogP contribution in [0.25, 0.3) is 0 Å². The highest BCUT2D eigenvalue weighted by atomic mass is 79.9. The predicted octanol–water partition coefficient (Wildman–Crippen LogP) is 3.21. The number of unbranched alkanes of at least 4 members (excludes halogenated alkanes) is 4. The summed E-state index contributed by atoms with van der Waals surface area (Å²) in [6, 6.07) is 0. The number of rotatable bonds is 11. The van der Waals surface area contributed by atoms with E-state index in [1.165, 1.54) is 0 Å². The van der Waals surface area contributed by atoms with E-state index in [0.29, 0.717) is 13.1 Å². The molecule has 3 nitrogen and oxygen atoms in total. The molecule has 0 fully saturated rings. The van der Waals surface area contributed by atoms with Crippen LogP contribution in [0.3, 0.4) is 0 Å². The fraction of sp³-hybridized carbons (Fsp3) is 1.00. The summed E-state index contributed by atoms with van der Waals surface area (Å²) in [5, 5.41) is 2.00. The molecule has 0 aromatic carbocycles. The minimum absolute atomic E-state index is 0.664. The zero-order chi connectivity index (χ0) is 12.2. The van der Waals surface area contributed by atoms with Crippen LogP contribution in [0.2, 0.25) is 0 Å². The third-order valence-electron chi connectivity index (χ3n) is 2.29. The van der Waals surface area contributed by atoms with E-state index in [-0.39, 0.29) is 0 Å². The summed E-state index contributed by atoms with van der Waals surface area (Å²) in [5.74, 6) is 0. The van der Waals surface area contributed by atoms with E-state index in [9.17, 15) is 8.76 Å². The van der Waals surface area contributed by atoms with Crippen molar-refractivity contribution in [1.29, 1.82) is 0 Å². The smallest absolute Gasteiger partial charge is 0.0209 e. The van der Waals surface area contributed by atoms with Gasteiger partial charge in [0.2, 0.25) is 0 Å². The van der Waals surface area contributed by atoms with Gasteiger partial charge < -0.3 is 4.55 Å². The summed E-state index contributed by atoms with van der Waals surface area (Å²) in [6.07, 6.45) is 6.31. The van der Waals surface area contributed by atoms with Crippen molar-refractivity contribution in [3.63, 3.8) is 0 Å². The van der Waals surface area contributed by atoms with Crippen molar-refractivity contribution in [2.75, 3.05) is 23.7 Å². The van der Waals surface area contributed by atoms with Gasteiger partial charge in [0.15, 0.2) is 0 Å². The zero-order valence-electron chi connectivity index (χ0n) is 9.50. The van der Waals surface area contributed by atoms with Gasteiger partial charge in [-0.25, -0.2) is 4.31 Å².